The first-order valence-electron chi connectivity index (χ1n) is 9.20. The number of hydrogen-bond acceptors (Lipinski definition) is 3. The number of piperidine rings is 2. The minimum atomic E-state index is -0.811. The molecule has 3 rings (SSSR count). The Morgan fingerprint density at radius 2 is 1.69 bits per heavy atom. The van der Waals surface area contributed by atoms with Crippen molar-refractivity contribution in [1.29, 1.82) is 0 Å². The molecule has 2 N–H and O–H groups in total. The third-order valence-electron chi connectivity index (χ3n) is 5.57. The molecule has 2 amide bonds. The molecule has 2 aliphatic rings. The highest BCUT2D eigenvalue weighted by molar-refractivity contribution is 5.94. The van der Waals surface area contributed by atoms with Gasteiger partial charge < -0.3 is 15.5 Å². The zero-order valence-electron chi connectivity index (χ0n) is 14.8. The highest BCUT2D eigenvalue weighted by atomic mass is 19.1. The van der Waals surface area contributed by atoms with Crippen molar-refractivity contribution in [1.82, 2.24) is 9.80 Å². The lowest BCUT2D eigenvalue weighted by atomic mass is 9.92. The summed E-state index contributed by atoms with van der Waals surface area (Å²) in [7, 11) is 0. The number of nitrogens with two attached hydrogens (primary N) is 1. The van der Waals surface area contributed by atoms with Crippen molar-refractivity contribution >= 4 is 11.8 Å². The van der Waals surface area contributed by atoms with Crippen LogP contribution in [0, 0.1) is 23.5 Å². The van der Waals surface area contributed by atoms with Gasteiger partial charge in [0.05, 0.1) is 5.56 Å². The van der Waals surface area contributed by atoms with Gasteiger partial charge in [0, 0.05) is 31.6 Å². The van der Waals surface area contributed by atoms with Gasteiger partial charge in [-0.25, -0.2) is 8.78 Å². The second kappa shape index (κ2) is 8.12. The number of carbonyl (C=O) groups excluding carboxylic acids is 2. The number of hydrogen-bond donors (Lipinski definition) is 1. The molecule has 7 heteroatoms. The molecule has 0 radical (unpaired) electrons. The highest BCUT2D eigenvalue weighted by Crippen LogP contribution is 2.24. The highest BCUT2D eigenvalue weighted by Gasteiger charge is 2.28. The summed E-state index contributed by atoms with van der Waals surface area (Å²) < 4.78 is 26.8. The summed E-state index contributed by atoms with van der Waals surface area (Å²) in [6.07, 6.45) is 3.36. The normalized spacial score (nSPS) is 20.3. The third-order valence-corrected chi connectivity index (χ3v) is 5.57. The number of amides is 2. The van der Waals surface area contributed by atoms with Crippen LogP contribution in [0.2, 0.25) is 0 Å². The largest absolute Gasteiger partial charge is 0.369 e. The lowest BCUT2D eigenvalue weighted by Gasteiger charge is -2.37. The Kier molecular flexibility index (Phi) is 5.86. The van der Waals surface area contributed by atoms with Crippen LogP contribution in [0.15, 0.2) is 18.2 Å². The molecule has 0 saturated carbocycles. The minimum Gasteiger partial charge on any atom is -0.369 e. The van der Waals surface area contributed by atoms with Crippen molar-refractivity contribution in [2.45, 2.75) is 25.7 Å². The fraction of sp³-hybridized carbons (Fsp3) is 0.579. The standard InChI is InChI=1S/C19H25F2N3O2/c20-15-1-2-16(17(21)11-15)19(26)24-9-3-13(4-10-24)12-23-7-5-14(6-8-23)18(22)25/h1-2,11,13-14H,3-10,12H2,(H2,22,25). The molecule has 1 aromatic rings. The maximum atomic E-state index is 13.8. The third kappa shape index (κ3) is 4.38. The van der Waals surface area contributed by atoms with Crippen molar-refractivity contribution in [2.75, 3.05) is 32.7 Å². The van der Waals surface area contributed by atoms with Gasteiger partial charge in [0.2, 0.25) is 5.91 Å². The molecule has 0 bridgehead atoms. The van der Waals surface area contributed by atoms with E-state index in [1.165, 1.54) is 6.07 Å². The first-order chi connectivity index (χ1) is 12.4. The van der Waals surface area contributed by atoms with Gasteiger partial charge in [-0.3, -0.25) is 9.59 Å². The van der Waals surface area contributed by atoms with Crippen LogP contribution in [0.1, 0.15) is 36.0 Å². The topological polar surface area (TPSA) is 66.6 Å². The van der Waals surface area contributed by atoms with E-state index in [1.807, 2.05) is 0 Å². The van der Waals surface area contributed by atoms with Crippen LogP contribution < -0.4 is 5.73 Å². The van der Waals surface area contributed by atoms with Crippen molar-refractivity contribution in [3.63, 3.8) is 0 Å². The molecule has 2 saturated heterocycles. The first kappa shape index (κ1) is 18.8. The second-order valence-electron chi connectivity index (χ2n) is 7.34. The van der Waals surface area contributed by atoms with E-state index in [0.29, 0.717) is 19.0 Å². The summed E-state index contributed by atoms with van der Waals surface area (Å²) >= 11 is 0. The molecule has 26 heavy (non-hydrogen) atoms. The molecule has 0 atom stereocenters. The fourth-order valence-electron chi connectivity index (χ4n) is 3.92. The van der Waals surface area contributed by atoms with Gasteiger partial charge in [0.15, 0.2) is 0 Å². The van der Waals surface area contributed by atoms with E-state index in [4.69, 9.17) is 5.73 Å². The van der Waals surface area contributed by atoms with Crippen LogP contribution in [0.5, 0.6) is 0 Å². The zero-order valence-corrected chi connectivity index (χ0v) is 14.8. The zero-order chi connectivity index (χ0) is 18.7. The van der Waals surface area contributed by atoms with E-state index < -0.39 is 11.6 Å². The first-order valence-corrected chi connectivity index (χ1v) is 9.20. The number of nitrogens with zero attached hydrogens (tertiary/aromatic N) is 2. The van der Waals surface area contributed by atoms with Crippen molar-refractivity contribution < 1.29 is 18.4 Å². The van der Waals surface area contributed by atoms with Gasteiger partial charge in [-0.15, -0.1) is 0 Å². The van der Waals surface area contributed by atoms with Crippen LogP contribution in [-0.2, 0) is 4.79 Å². The number of benzene rings is 1. The van der Waals surface area contributed by atoms with E-state index in [1.54, 1.807) is 4.90 Å². The van der Waals surface area contributed by atoms with Gasteiger partial charge in [0.1, 0.15) is 11.6 Å². The maximum Gasteiger partial charge on any atom is 0.256 e. The summed E-state index contributed by atoms with van der Waals surface area (Å²) in [4.78, 5) is 27.7. The molecule has 5 nitrogen and oxygen atoms in total. The Balaban J connectivity index is 1.47. The van der Waals surface area contributed by atoms with E-state index >= 15 is 0 Å². The smallest absolute Gasteiger partial charge is 0.256 e. The molecule has 0 aliphatic carbocycles. The van der Waals surface area contributed by atoms with Gasteiger partial charge >= 0.3 is 0 Å². The van der Waals surface area contributed by atoms with Gasteiger partial charge in [-0.1, -0.05) is 0 Å². The Labute approximate surface area is 152 Å². The summed E-state index contributed by atoms with van der Waals surface area (Å²) in [5.41, 5.74) is 5.29. The minimum absolute atomic E-state index is 0.00340. The lowest BCUT2D eigenvalue weighted by Crippen LogP contribution is -2.44. The monoisotopic (exact) mass is 365 g/mol. The van der Waals surface area contributed by atoms with Crippen LogP contribution in [-0.4, -0.2) is 54.3 Å². The molecule has 0 unspecified atom stereocenters. The van der Waals surface area contributed by atoms with Crippen LogP contribution in [0.4, 0.5) is 8.78 Å². The second-order valence-corrected chi connectivity index (χ2v) is 7.34. The molecular formula is C19H25F2N3O2. The average molecular weight is 365 g/mol. The molecule has 0 spiro atoms. The number of primary amides is 1. The Morgan fingerprint density at radius 3 is 2.27 bits per heavy atom. The van der Waals surface area contributed by atoms with Crippen LogP contribution in [0.25, 0.3) is 0 Å². The van der Waals surface area contributed by atoms with E-state index in [9.17, 15) is 18.4 Å². The lowest BCUT2D eigenvalue weighted by molar-refractivity contribution is -0.123. The Hall–Kier alpha value is -2.02. The van der Waals surface area contributed by atoms with Gasteiger partial charge in [-0.2, -0.15) is 0 Å². The van der Waals surface area contributed by atoms with E-state index in [0.717, 1.165) is 57.5 Å². The van der Waals surface area contributed by atoms with Crippen molar-refractivity contribution in [3.05, 3.63) is 35.4 Å². The van der Waals surface area contributed by atoms with Crippen molar-refractivity contribution in [3.8, 4) is 0 Å². The fourth-order valence-corrected chi connectivity index (χ4v) is 3.92. The molecule has 2 aliphatic heterocycles. The van der Waals surface area contributed by atoms with Crippen LogP contribution >= 0.6 is 0 Å². The number of rotatable bonds is 4. The molecule has 142 valence electrons. The number of carbonyl (C=O) groups is 2. The predicted octanol–water partition coefficient (Wildman–Crippen LogP) is 2.01. The van der Waals surface area contributed by atoms with Crippen molar-refractivity contribution in [2.24, 2.45) is 17.6 Å². The number of halogens is 2. The summed E-state index contributed by atoms with van der Waals surface area (Å²) in [5, 5.41) is 0. The molecule has 0 aromatic heterocycles. The van der Waals surface area contributed by atoms with Crippen LogP contribution in [0.3, 0.4) is 0 Å². The summed E-state index contributed by atoms with van der Waals surface area (Å²) in [5.74, 6) is -1.58. The summed E-state index contributed by atoms with van der Waals surface area (Å²) in [6, 6.07) is 3.07. The quantitative estimate of drug-likeness (QED) is 0.888. The number of likely N-dealkylation sites (tertiary alicyclic amines) is 2. The van der Waals surface area contributed by atoms with Gasteiger partial charge in [-0.05, 0) is 56.8 Å². The molecular weight excluding hydrogens is 340 g/mol. The SMILES string of the molecule is NC(=O)C1CCN(CC2CCN(C(=O)c3ccc(F)cc3F)CC2)CC1. The predicted molar refractivity (Wildman–Crippen MR) is 93.3 cm³/mol. The molecule has 2 fully saturated rings. The molecule has 1 aromatic carbocycles. The maximum absolute atomic E-state index is 13.8. The van der Waals surface area contributed by atoms with E-state index in [-0.39, 0.29) is 23.3 Å². The molecule has 2 heterocycles. The average Bonchev–Trinajstić information content (AvgIpc) is 2.62. The van der Waals surface area contributed by atoms with E-state index in [2.05, 4.69) is 4.90 Å². The Bertz CT molecular complexity index is 667. The summed E-state index contributed by atoms with van der Waals surface area (Å²) in [6.45, 7) is 3.88. The Morgan fingerprint density at radius 1 is 1.04 bits per heavy atom. The van der Waals surface area contributed by atoms with Gasteiger partial charge in [0.25, 0.3) is 5.91 Å².